The molecule has 1 aromatic rings. The molecule has 0 aliphatic heterocycles. The number of carbonyl (C=O) groups excluding carboxylic acids is 1. The second-order valence-electron chi connectivity index (χ2n) is 4.48. The van der Waals surface area contributed by atoms with Crippen molar-refractivity contribution in [3.05, 3.63) is 18.2 Å². The molecule has 1 amide bonds. The number of anilines is 2. The van der Waals surface area contributed by atoms with Crippen LogP contribution in [0.25, 0.3) is 0 Å². The van der Waals surface area contributed by atoms with Crippen molar-refractivity contribution in [3.8, 4) is 5.75 Å². The molecule has 4 N–H and O–H groups in total. The van der Waals surface area contributed by atoms with Crippen LogP contribution in [0, 0.1) is 0 Å². The highest BCUT2D eigenvalue weighted by atomic mass is 32.2. The first kappa shape index (κ1) is 16.7. The number of nitrogens with two attached hydrogens (primary N) is 1. The molecule has 0 radical (unpaired) electrons. The summed E-state index contributed by atoms with van der Waals surface area (Å²) in [6.45, 7) is 2.12. The second-order valence-corrected chi connectivity index (χ2v) is 6.02. The highest BCUT2D eigenvalue weighted by molar-refractivity contribution is 7.99. The first-order chi connectivity index (χ1) is 9.56. The predicted octanol–water partition coefficient (Wildman–Crippen LogP) is 2.11. The van der Waals surface area contributed by atoms with Gasteiger partial charge in [-0.25, -0.2) is 0 Å². The van der Waals surface area contributed by atoms with Crippen molar-refractivity contribution < 1.29 is 14.6 Å². The van der Waals surface area contributed by atoms with Crippen molar-refractivity contribution in [2.75, 3.05) is 30.5 Å². The molecule has 0 aliphatic carbocycles. The zero-order chi connectivity index (χ0) is 15.0. The molecule has 5 nitrogen and oxygen atoms in total. The molecular formula is C14H22N2O3S. The van der Waals surface area contributed by atoms with Crippen LogP contribution in [0.4, 0.5) is 11.4 Å². The van der Waals surface area contributed by atoms with Gasteiger partial charge in [-0.05, 0) is 30.4 Å². The van der Waals surface area contributed by atoms with E-state index in [4.69, 9.17) is 15.6 Å². The minimum Gasteiger partial charge on any atom is -0.495 e. The van der Waals surface area contributed by atoms with Crippen LogP contribution in [0.5, 0.6) is 5.75 Å². The number of carbonyl (C=O) groups is 1. The molecule has 1 rings (SSSR count). The van der Waals surface area contributed by atoms with Gasteiger partial charge < -0.3 is 20.9 Å². The Labute approximate surface area is 123 Å². The van der Waals surface area contributed by atoms with E-state index in [2.05, 4.69) is 5.32 Å². The summed E-state index contributed by atoms with van der Waals surface area (Å²) < 4.78 is 5.17. The number of nitrogen functional groups attached to an aromatic ring is 1. The third-order valence-electron chi connectivity index (χ3n) is 2.71. The van der Waals surface area contributed by atoms with Crippen molar-refractivity contribution in [2.45, 2.75) is 25.0 Å². The molecule has 0 bridgehead atoms. The SMILES string of the molecule is COc1ccc(N)cc1NC(=O)CCCSC(C)CO. The van der Waals surface area contributed by atoms with Crippen molar-refractivity contribution >= 4 is 29.0 Å². The first-order valence-electron chi connectivity index (χ1n) is 6.52. The summed E-state index contributed by atoms with van der Waals surface area (Å²) in [6, 6.07) is 5.13. The number of aliphatic hydroxyl groups excluding tert-OH is 1. The highest BCUT2D eigenvalue weighted by Crippen LogP contribution is 2.26. The Hall–Kier alpha value is -1.40. The maximum atomic E-state index is 11.8. The van der Waals surface area contributed by atoms with Crippen LogP contribution in [-0.2, 0) is 4.79 Å². The lowest BCUT2D eigenvalue weighted by molar-refractivity contribution is -0.116. The summed E-state index contributed by atoms with van der Waals surface area (Å²) >= 11 is 1.66. The summed E-state index contributed by atoms with van der Waals surface area (Å²) in [6.07, 6.45) is 1.20. The summed E-state index contributed by atoms with van der Waals surface area (Å²) in [5, 5.41) is 11.9. The fraction of sp³-hybridized carbons (Fsp3) is 0.500. The van der Waals surface area contributed by atoms with E-state index in [-0.39, 0.29) is 17.8 Å². The van der Waals surface area contributed by atoms with Gasteiger partial charge in [0, 0.05) is 17.4 Å². The average molecular weight is 298 g/mol. The zero-order valence-corrected chi connectivity index (χ0v) is 12.7. The van der Waals surface area contributed by atoms with Crippen LogP contribution < -0.4 is 15.8 Å². The van der Waals surface area contributed by atoms with Gasteiger partial charge in [0.2, 0.25) is 5.91 Å². The van der Waals surface area contributed by atoms with E-state index < -0.39 is 0 Å². The van der Waals surface area contributed by atoms with Gasteiger partial charge in [-0.2, -0.15) is 11.8 Å². The molecule has 0 fully saturated rings. The van der Waals surface area contributed by atoms with Crippen molar-refractivity contribution in [1.29, 1.82) is 0 Å². The Morgan fingerprint density at radius 1 is 1.55 bits per heavy atom. The van der Waals surface area contributed by atoms with Crippen LogP contribution in [0.15, 0.2) is 18.2 Å². The lowest BCUT2D eigenvalue weighted by Crippen LogP contribution is -2.13. The van der Waals surface area contributed by atoms with Crippen molar-refractivity contribution in [1.82, 2.24) is 0 Å². The van der Waals surface area contributed by atoms with Crippen LogP contribution in [0.2, 0.25) is 0 Å². The van der Waals surface area contributed by atoms with Gasteiger partial charge >= 0.3 is 0 Å². The normalized spacial score (nSPS) is 11.9. The fourth-order valence-corrected chi connectivity index (χ4v) is 2.42. The summed E-state index contributed by atoms with van der Waals surface area (Å²) in [5.41, 5.74) is 6.86. The van der Waals surface area contributed by atoms with Crippen LogP contribution >= 0.6 is 11.8 Å². The van der Waals surface area contributed by atoms with Crippen molar-refractivity contribution in [3.63, 3.8) is 0 Å². The lowest BCUT2D eigenvalue weighted by atomic mass is 10.2. The zero-order valence-electron chi connectivity index (χ0n) is 11.9. The molecule has 20 heavy (non-hydrogen) atoms. The topological polar surface area (TPSA) is 84.6 Å². The molecule has 0 aliphatic rings. The maximum Gasteiger partial charge on any atom is 0.224 e. The number of nitrogens with one attached hydrogen (secondary N) is 1. The molecule has 1 atom stereocenters. The maximum absolute atomic E-state index is 11.8. The van der Waals surface area contributed by atoms with E-state index >= 15 is 0 Å². The van der Waals surface area contributed by atoms with E-state index in [1.54, 1.807) is 37.1 Å². The van der Waals surface area contributed by atoms with E-state index in [0.717, 1.165) is 12.2 Å². The van der Waals surface area contributed by atoms with E-state index in [1.165, 1.54) is 0 Å². The molecule has 0 saturated heterocycles. The first-order valence-corrected chi connectivity index (χ1v) is 7.57. The molecule has 1 unspecified atom stereocenters. The smallest absolute Gasteiger partial charge is 0.224 e. The van der Waals surface area contributed by atoms with Gasteiger partial charge in [0.25, 0.3) is 0 Å². The monoisotopic (exact) mass is 298 g/mol. The van der Waals surface area contributed by atoms with Gasteiger partial charge in [0.1, 0.15) is 5.75 Å². The van der Waals surface area contributed by atoms with Gasteiger partial charge in [0.05, 0.1) is 19.4 Å². The molecule has 0 aromatic heterocycles. The van der Waals surface area contributed by atoms with Crippen molar-refractivity contribution in [2.24, 2.45) is 0 Å². The number of aliphatic hydroxyl groups is 1. The number of hydrogen-bond donors (Lipinski definition) is 3. The number of thioether (sulfide) groups is 1. The number of hydrogen-bond acceptors (Lipinski definition) is 5. The number of methoxy groups -OCH3 is 1. The van der Waals surface area contributed by atoms with Gasteiger partial charge in [-0.3, -0.25) is 4.79 Å². The number of rotatable bonds is 8. The Morgan fingerprint density at radius 3 is 2.95 bits per heavy atom. The lowest BCUT2D eigenvalue weighted by Gasteiger charge is -2.11. The van der Waals surface area contributed by atoms with E-state index in [0.29, 0.717) is 23.5 Å². The molecule has 0 saturated carbocycles. The van der Waals surface area contributed by atoms with Crippen LogP contribution in [-0.4, -0.2) is 35.7 Å². The molecule has 6 heteroatoms. The molecular weight excluding hydrogens is 276 g/mol. The minimum atomic E-state index is -0.0637. The quantitative estimate of drug-likeness (QED) is 0.505. The Morgan fingerprint density at radius 2 is 2.30 bits per heavy atom. The van der Waals surface area contributed by atoms with E-state index in [1.807, 2.05) is 6.92 Å². The van der Waals surface area contributed by atoms with E-state index in [9.17, 15) is 4.79 Å². The molecule has 112 valence electrons. The Kier molecular flexibility index (Phi) is 7.25. The summed E-state index contributed by atoms with van der Waals surface area (Å²) in [7, 11) is 1.55. The van der Waals surface area contributed by atoms with Crippen LogP contribution in [0.3, 0.4) is 0 Å². The van der Waals surface area contributed by atoms with Crippen LogP contribution in [0.1, 0.15) is 19.8 Å². The third kappa shape index (κ3) is 5.71. The standard InChI is InChI=1S/C14H22N2O3S/c1-10(9-17)20-7-3-4-14(18)16-12-8-11(15)5-6-13(12)19-2/h5-6,8,10,17H,3-4,7,9,15H2,1-2H3,(H,16,18). The number of amides is 1. The fourth-order valence-electron chi connectivity index (χ4n) is 1.61. The largest absolute Gasteiger partial charge is 0.495 e. The van der Waals surface area contributed by atoms with Gasteiger partial charge in [-0.1, -0.05) is 6.92 Å². The third-order valence-corrected chi connectivity index (χ3v) is 3.95. The number of ether oxygens (including phenoxy) is 1. The molecule has 1 aromatic carbocycles. The summed E-state index contributed by atoms with van der Waals surface area (Å²) in [4.78, 5) is 11.8. The minimum absolute atomic E-state index is 0.0637. The number of benzene rings is 1. The predicted molar refractivity (Wildman–Crippen MR) is 84.3 cm³/mol. The summed E-state index contributed by atoms with van der Waals surface area (Å²) in [5.74, 6) is 1.38. The highest BCUT2D eigenvalue weighted by Gasteiger charge is 2.08. The van der Waals surface area contributed by atoms with Gasteiger partial charge in [0.15, 0.2) is 0 Å². The second kappa shape index (κ2) is 8.71. The van der Waals surface area contributed by atoms with Gasteiger partial charge in [-0.15, -0.1) is 0 Å². The molecule has 0 heterocycles. The average Bonchev–Trinajstić information content (AvgIpc) is 2.43. The Balaban J connectivity index is 2.40. The molecule has 0 spiro atoms. The Bertz CT molecular complexity index is 440.